The second-order valence-electron chi connectivity index (χ2n) is 6.48. The zero-order valence-corrected chi connectivity index (χ0v) is 12.8. The fraction of sp³-hybridized carbons (Fsp3) is 0.647. The Morgan fingerprint density at radius 1 is 1.33 bits per heavy atom. The van der Waals surface area contributed by atoms with E-state index in [1.807, 2.05) is 0 Å². The molecule has 4 heteroatoms. The van der Waals surface area contributed by atoms with Crippen molar-refractivity contribution in [3.63, 3.8) is 0 Å². The van der Waals surface area contributed by atoms with Gasteiger partial charge in [-0.1, -0.05) is 13.0 Å². The minimum Gasteiger partial charge on any atom is -0.508 e. The van der Waals surface area contributed by atoms with Crippen LogP contribution in [0.3, 0.4) is 0 Å². The monoisotopic (exact) mass is 292 g/mol. The third kappa shape index (κ3) is 2.92. The number of benzene rings is 1. The zero-order chi connectivity index (χ0) is 15.0. The van der Waals surface area contributed by atoms with Gasteiger partial charge in [-0.25, -0.2) is 4.39 Å². The van der Waals surface area contributed by atoms with Crippen LogP contribution in [-0.4, -0.2) is 34.7 Å². The minimum atomic E-state index is -0.308. The molecule has 0 spiro atoms. The lowest BCUT2D eigenvalue weighted by Gasteiger charge is -2.40. The van der Waals surface area contributed by atoms with Crippen molar-refractivity contribution in [3.05, 3.63) is 29.6 Å². The number of nitrogens with zero attached hydrogens (tertiary/aromatic N) is 1. The van der Waals surface area contributed by atoms with Crippen molar-refractivity contribution in [2.24, 2.45) is 0 Å². The van der Waals surface area contributed by atoms with Gasteiger partial charge in [-0.3, -0.25) is 4.90 Å². The van der Waals surface area contributed by atoms with Crippen LogP contribution in [0.25, 0.3) is 0 Å². The fourth-order valence-corrected chi connectivity index (χ4v) is 4.18. The summed E-state index contributed by atoms with van der Waals surface area (Å²) in [4.78, 5) is 2.42. The quantitative estimate of drug-likeness (QED) is 0.894. The molecule has 2 saturated heterocycles. The Bertz CT molecular complexity index is 496. The van der Waals surface area contributed by atoms with Crippen molar-refractivity contribution >= 4 is 0 Å². The van der Waals surface area contributed by atoms with Crippen LogP contribution in [0.1, 0.15) is 51.1 Å². The maximum atomic E-state index is 14.1. The third-order valence-corrected chi connectivity index (χ3v) is 5.21. The lowest BCUT2D eigenvalue weighted by atomic mass is 9.95. The van der Waals surface area contributed by atoms with Gasteiger partial charge >= 0.3 is 0 Å². The first-order valence-electron chi connectivity index (χ1n) is 8.08. The smallest absolute Gasteiger partial charge is 0.131 e. The molecule has 1 aromatic carbocycles. The summed E-state index contributed by atoms with van der Waals surface area (Å²) in [5.74, 6) is -0.315. The molecule has 116 valence electrons. The molecule has 0 aromatic heterocycles. The summed E-state index contributed by atoms with van der Waals surface area (Å²) < 4.78 is 14.1. The molecule has 2 bridgehead atoms. The van der Waals surface area contributed by atoms with E-state index in [1.54, 1.807) is 12.1 Å². The number of fused-ring (bicyclic) bond motifs is 2. The van der Waals surface area contributed by atoms with Gasteiger partial charge in [-0.15, -0.1) is 0 Å². The maximum Gasteiger partial charge on any atom is 0.131 e. The molecule has 0 saturated carbocycles. The first kappa shape index (κ1) is 14.8. The number of phenolic OH excluding ortho intramolecular Hbond substituents is 1. The predicted octanol–water partition coefficient (Wildman–Crippen LogP) is 3.20. The fourth-order valence-electron chi connectivity index (χ4n) is 4.18. The Labute approximate surface area is 126 Å². The Balaban J connectivity index is 1.79. The summed E-state index contributed by atoms with van der Waals surface area (Å²) in [5.41, 5.74) is 0.681. The minimum absolute atomic E-state index is 0.00795. The van der Waals surface area contributed by atoms with Crippen LogP contribution < -0.4 is 5.32 Å². The summed E-state index contributed by atoms with van der Waals surface area (Å²) in [7, 11) is 0. The SMILES string of the molecule is CCN(C1CC2CCC(C1)N2)C(C)c1ccc(O)cc1F. The Morgan fingerprint density at radius 2 is 2.00 bits per heavy atom. The Hall–Kier alpha value is -1.13. The van der Waals surface area contributed by atoms with E-state index in [0.29, 0.717) is 23.7 Å². The van der Waals surface area contributed by atoms with Gasteiger partial charge in [0.15, 0.2) is 0 Å². The van der Waals surface area contributed by atoms with E-state index in [1.165, 1.54) is 18.9 Å². The average molecular weight is 292 g/mol. The normalized spacial score (nSPS) is 29.8. The summed E-state index contributed by atoms with van der Waals surface area (Å²) in [6.07, 6.45) is 4.88. The van der Waals surface area contributed by atoms with Crippen molar-refractivity contribution in [2.75, 3.05) is 6.54 Å². The molecule has 0 aliphatic carbocycles. The predicted molar refractivity (Wildman–Crippen MR) is 81.8 cm³/mol. The van der Waals surface area contributed by atoms with Gasteiger partial charge in [0.1, 0.15) is 11.6 Å². The van der Waals surface area contributed by atoms with E-state index in [4.69, 9.17) is 0 Å². The van der Waals surface area contributed by atoms with E-state index in [0.717, 1.165) is 19.4 Å². The Kier molecular flexibility index (Phi) is 4.18. The highest BCUT2D eigenvalue weighted by molar-refractivity contribution is 5.29. The zero-order valence-electron chi connectivity index (χ0n) is 12.8. The van der Waals surface area contributed by atoms with E-state index >= 15 is 0 Å². The molecule has 3 unspecified atom stereocenters. The molecule has 2 heterocycles. The summed E-state index contributed by atoms with van der Waals surface area (Å²) in [6, 6.07) is 6.35. The molecule has 0 amide bonds. The van der Waals surface area contributed by atoms with Crippen LogP contribution in [-0.2, 0) is 0 Å². The molecule has 2 N–H and O–H groups in total. The van der Waals surface area contributed by atoms with Crippen molar-refractivity contribution in [1.82, 2.24) is 10.2 Å². The first-order chi connectivity index (χ1) is 10.1. The van der Waals surface area contributed by atoms with E-state index < -0.39 is 0 Å². The van der Waals surface area contributed by atoms with E-state index in [-0.39, 0.29) is 17.6 Å². The number of halogens is 1. The summed E-state index contributed by atoms with van der Waals surface area (Å²) >= 11 is 0. The second-order valence-corrected chi connectivity index (χ2v) is 6.48. The molecule has 0 radical (unpaired) electrons. The van der Waals surface area contributed by atoms with E-state index in [9.17, 15) is 9.50 Å². The van der Waals surface area contributed by atoms with E-state index in [2.05, 4.69) is 24.1 Å². The molecular weight excluding hydrogens is 267 g/mol. The van der Waals surface area contributed by atoms with Crippen molar-refractivity contribution in [1.29, 1.82) is 0 Å². The highest BCUT2D eigenvalue weighted by Gasteiger charge is 2.37. The molecule has 1 aromatic rings. The molecular formula is C17H25FN2O. The van der Waals surface area contributed by atoms with Crippen LogP contribution in [0.15, 0.2) is 18.2 Å². The number of aromatic hydroxyl groups is 1. The number of rotatable bonds is 4. The molecule has 21 heavy (non-hydrogen) atoms. The lowest BCUT2D eigenvalue weighted by molar-refractivity contribution is 0.106. The summed E-state index contributed by atoms with van der Waals surface area (Å²) in [5, 5.41) is 13.0. The van der Waals surface area contributed by atoms with Crippen molar-refractivity contribution in [3.8, 4) is 5.75 Å². The highest BCUT2D eigenvalue weighted by Crippen LogP contribution is 2.34. The van der Waals surface area contributed by atoms with Crippen LogP contribution >= 0.6 is 0 Å². The maximum absolute atomic E-state index is 14.1. The van der Waals surface area contributed by atoms with Gasteiger partial charge in [-0.2, -0.15) is 0 Å². The lowest BCUT2D eigenvalue weighted by Crippen LogP contribution is -2.49. The van der Waals surface area contributed by atoms with Gasteiger partial charge in [-0.05, 0) is 45.2 Å². The number of piperidine rings is 1. The molecule has 2 aliphatic rings. The number of nitrogens with one attached hydrogen (secondary N) is 1. The molecule has 3 atom stereocenters. The molecule has 3 nitrogen and oxygen atoms in total. The van der Waals surface area contributed by atoms with Gasteiger partial charge in [0.25, 0.3) is 0 Å². The van der Waals surface area contributed by atoms with Gasteiger partial charge in [0.2, 0.25) is 0 Å². The van der Waals surface area contributed by atoms with Gasteiger partial charge in [0.05, 0.1) is 0 Å². The van der Waals surface area contributed by atoms with Crippen LogP contribution in [0.5, 0.6) is 5.75 Å². The summed E-state index contributed by atoms with van der Waals surface area (Å²) in [6.45, 7) is 5.15. The number of hydrogen-bond acceptors (Lipinski definition) is 3. The van der Waals surface area contributed by atoms with Crippen molar-refractivity contribution in [2.45, 2.75) is 63.7 Å². The topological polar surface area (TPSA) is 35.5 Å². The molecule has 2 aliphatic heterocycles. The van der Waals surface area contributed by atoms with Crippen LogP contribution in [0.2, 0.25) is 0 Å². The number of hydrogen-bond donors (Lipinski definition) is 2. The largest absolute Gasteiger partial charge is 0.508 e. The average Bonchev–Trinajstić information content (AvgIpc) is 2.78. The van der Waals surface area contributed by atoms with Crippen molar-refractivity contribution < 1.29 is 9.50 Å². The standard InChI is InChI=1S/C17H25FN2O/c1-3-20(14-8-12-4-5-13(9-14)19-12)11(2)16-7-6-15(21)10-17(16)18/h6-7,10-14,19,21H,3-5,8-9H2,1-2H3. The first-order valence-corrected chi connectivity index (χ1v) is 8.08. The van der Waals surface area contributed by atoms with Crippen LogP contribution in [0, 0.1) is 5.82 Å². The molecule has 2 fully saturated rings. The van der Waals surface area contributed by atoms with Crippen LogP contribution in [0.4, 0.5) is 4.39 Å². The second kappa shape index (κ2) is 5.93. The Morgan fingerprint density at radius 3 is 2.57 bits per heavy atom. The van der Waals surface area contributed by atoms with Gasteiger partial charge in [0, 0.05) is 35.8 Å². The molecule has 3 rings (SSSR count). The number of phenols is 1. The van der Waals surface area contributed by atoms with Gasteiger partial charge < -0.3 is 10.4 Å². The third-order valence-electron chi connectivity index (χ3n) is 5.21. The highest BCUT2D eigenvalue weighted by atomic mass is 19.1.